The molecule has 0 radical (unpaired) electrons. The van der Waals surface area contributed by atoms with Gasteiger partial charge in [-0.1, -0.05) is 12.1 Å². The molecule has 0 aliphatic heterocycles. The summed E-state index contributed by atoms with van der Waals surface area (Å²) in [5.74, 6) is 0.603. The molecule has 3 rings (SSSR count). The van der Waals surface area contributed by atoms with E-state index in [-0.39, 0.29) is 12.4 Å². The molecule has 0 bridgehead atoms. The number of imidazole rings is 1. The number of carbonyl (C=O) groups excluding carboxylic acids is 1. The number of tetrazole rings is 1. The number of aromatic amines is 1. The minimum Gasteiger partial charge on any atom is -0.483 e. The van der Waals surface area contributed by atoms with Crippen molar-refractivity contribution in [3.63, 3.8) is 0 Å². The SMILES string of the molecule is Cc1nnnn1CCC(=O)Nc1cccc(-c2cnc[nH]2)c1.O=CO. The molecule has 2 aromatic heterocycles. The molecule has 25 heavy (non-hydrogen) atoms. The summed E-state index contributed by atoms with van der Waals surface area (Å²) in [5.41, 5.74) is 2.61. The van der Waals surface area contributed by atoms with Crippen LogP contribution in [0.5, 0.6) is 0 Å². The number of amides is 1. The van der Waals surface area contributed by atoms with Gasteiger partial charge in [0.2, 0.25) is 5.91 Å². The Balaban J connectivity index is 0.000000701. The van der Waals surface area contributed by atoms with Gasteiger partial charge >= 0.3 is 0 Å². The van der Waals surface area contributed by atoms with Crippen LogP contribution in [0.3, 0.4) is 0 Å². The molecular weight excluding hydrogens is 326 g/mol. The summed E-state index contributed by atoms with van der Waals surface area (Å²) in [6.07, 6.45) is 3.66. The van der Waals surface area contributed by atoms with Crippen LogP contribution in [0.25, 0.3) is 11.3 Å². The molecule has 3 aromatic rings. The molecule has 0 saturated heterocycles. The Labute approximate surface area is 142 Å². The first-order valence-corrected chi connectivity index (χ1v) is 7.33. The van der Waals surface area contributed by atoms with Gasteiger partial charge in [0.15, 0.2) is 0 Å². The monoisotopic (exact) mass is 343 g/mol. The summed E-state index contributed by atoms with van der Waals surface area (Å²) in [5, 5.41) is 20.9. The van der Waals surface area contributed by atoms with Gasteiger partial charge in [0.1, 0.15) is 5.82 Å². The molecule has 10 heteroatoms. The standard InChI is InChI=1S/C14H15N7O.CH2O2/c1-10-18-19-20-21(10)6-5-14(22)17-12-4-2-3-11(7-12)13-8-15-9-16-13;2-1-3/h2-4,7-9H,5-6H2,1H3,(H,15,16)(H,17,22);1H,(H,2,3). The van der Waals surface area contributed by atoms with Crippen LogP contribution in [0.4, 0.5) is 5.69 Å². The lowest BCUT2D eigenvalue weighted by molar-refractivity contribution is -0.123. The number of rotatable bonds is 5. The highest BCUT2D eigenvalue weighted by Gasteiger charge is 2.07. The number of H-pyrrole nitrogens is 1. The number of benzene rings is 1. The normalized spacial score (nSPS) is 9.80. The fourth-order valence-corrected chi connectivity index (χ4v) is 2.07. The van der Waals surface area contributed by atoms with Gasteiger partial charge in [0.25, 0.3) is 6.47 Å². The summed E-state index contributed by atoms with van der Waals surface area (Å²) in [6.45, 7) is 2.00. The van der Waals surface area contributed by atoms with Gasteiger partial charge in [-0.05, 0) is 29.5 Å². The van der Waals surface area contributed by atoms with Gasteiger partial charge in [0.05, 0.1) is 24.8 Å². The lowest BCUT2D eigenvalue weighted by Crippen LogP contribution is -2.15. The van der Waals surface area contributed by atoms with Gasteiger partial charge < -0.3 is 15.4 Å². The Morgan fingerprint density at radius 1 is 1.44 bits per heavy atom. The molecule has 0 saturated carbocycles. The molecule has 1 aromatic carbocycles. The second-order valence-corrected chi connectivity index (χ2v) is 4.90. The van der Waals surface area contributed by atoms with Crippen molar-refractivity contribution in [2.24, 2.45) is 0 Å². The highest BCUT2D eigenvalue weighted by molar-refractivity contribution is 5.91. The van der Waals surface area contributed by atoms with E-state index in [0.717, 1.165) is 16.9 Å². The number of carbonyl (C=O) groups is 2. The van der Waals surface area contributed by atoms with Gasteiger partial charge in [-0.3, -0.25) is 9.59 Å². The van der Waals surface area contributed by atoms with E-state index in [9.17, 15) is 4.79 Å². The van der Waals surface area contributed by atoms with Crippen molar-refractivity contribution in [3.8, 4) is 11.3 Å². The summed E-state index contributed by atoms with van der Waals surface area (Å²) >= 11 is 0. The second kappa shape index (κ2) is 8.91. The Morgan fingerprint density at radius 2 is 2.24 bits per heavy atom. The molecule has 2 heterocycles. The third-order valence-corrected chi connectivity index (χ3v) is 3.22. The van der Waals surface area contributed by atoms with E-state index >= 15 is 0 Å². The molecule has 0 atom stereocenters. The van der Waals surface area contributed by atoms with E-state index in [0.29, 0.717) is 18.8 Å². The molecular formula is C15H17N7O3. The summed E-state index contributed by atoms with van der Waals surface area (Å²) in [7, 11) is 0. The van der Waals surface area contributed by atoms with Crippen molar-refractivity contribution in [1.82, 2.24) is 30.2 Å². The molecule has 1 amide bonds. The average molecular weight is 343 g/mol. The van der Waals surface area contributed by atoms with Crippen molar-refractivity contribution < 1.29 is 14.7 Å². The Hall–Kier alpha value is -3.56. The van der Waals surface area contributed by atoms with E-state index in [2.05, 4.69) is 30.8 Å². The van der Waals surface area contributed by atoms with Crippen molar-refractivity contribution in [2.75, 3.05) is 5.32 Å². The van der Waals surface area contributed by atoms with Gasteiger partial charge in [-0.25, -0.2) is 9.67 Å². The average Bonchev–Trinajstić information content (AvgIpc) is 3.26. The fourth-order valence-electron chi connectivity index (χ4n) is 2.07. The number of aryl methyl sites for hydroxylation is 2. The largest absolute Gasteiger partial charge is 0.483 e. The smallest absolute Gasteiger partial charge is 0.290 e. The minimum absolute atomic E-state index is 0.0864. The molecule has 0 aliphatic carbocycles. The maximum atomic E-state index is 12.0. The highest BCUT2D eigenvalue weighted by atomic mass is 16.3. The highest BCUT2D eigenvalue weighted by Crippen LogP contribution is 2.20. The lowest BCUT2D eigenvalue weighted by atomic mass is 10.1. The predicted molar refractivity (Wildman–Crippen MR) is 88.5 cm³/mol. The number of carboxylic acid groups (broad SMARTS) is 1. The Kier molecular flexibility index (Phi) is 6.34. The van der Waals surface area contributed by atoms with Crippen LogP contribution in [-0.2, 0) is 16.1 Å². The van der Waals surface area contributed by atoms with Crippen LogP contribution in [0.15, 0.2) is 36.8 Å². The molecule has 3 N–H and O–H groups in total. The van der Waals surface area contributed by atoms with Crippen LogP contribution in [0, 0.1) is 6.92 Å². The van der Waals surface area contributed by atoms with E-state index in [4.69, 9.17) is 9.90 Å². The second-order valence-electron chi connectivity index (χ2n) is 4.90. The Bertz CT molecular complexity index is 814. The van der Waals surface area contributed by atoms with Crippen LogP contribution < -0.4 is 5.32 Å². The number of hydrogen-bond donors (Lipinski definition) is 3. The lowest BCUT2D eigenvalue weighted by Gasteiger charge is -2.07. The Morgan fingerprint density at radius 3 is 2.88 bits per heavy atom. The summed E-state index contributed by atoms with van der Waals surface area (Å²) in [6, 6.07) is 7.58. The topological polar surface area (TPSA) is 139 Å². The van der Waals surface area contributed by atoms with Crippen LogP contribution in [0.2, 0.25) is 0 Å². The minimum atomic E-state index is -0.250. The van der Waals surface area contributed by atoms with Crippen molar-refractivity contribution in [1.29, 1.82) is 0 Å². The molecule has 0 aliphatic rings. The zero-order valence-corrected chi connectivity index (χ0v) is 13.5. The third-order valence-electron chi connectivity index (χ3n) is 3.22. The molecule has 0 spiro atoms. The maximum Gasteiger partial charge on any atom is 0.290 e. The number of anilines is 1. The zero-order valence-electron chi connectivity index (χ0n) is 13.5. The maximum absolute atomic E-state index is 12.0. The number of aromatic nitrogens is 6. The summed E-state index contributed by atoms with van der Waals surface area (Å²) < 4.78 is 1.60. The van der Waals surface area contributed by atoms with Crippen molar-refractivity contribution in [2.45, 2.75) is 19.9 Å². The quantitative estimate of drug-likeness (QED) is 0.589. The van der Waals surface area contributed by atoms with Crippen molar-refractivity contribution >= 4 is 18.1 Å². The first kappa shape index (κ1) is 17.8. The van der Waals surface area contributed by atoms with Gasteiger partial charge in [0, 0.05) is 17.7 Å². The van der Waals surface area contributed by atoms with Crippen molar-refractivity contribution in [3.05, 3.63) is 42.6 Å². The van der Waals surface area contributed by atoms with Crippen LogP contribution in [-0.4, -0.2) is 47.7 Å². The number of hydrogen-bond acceptors (Lipinski definition) is 6. The fraction of sp³-hybridized carbons (Fsp3) is 0.200. The van der Waals surface area contributed by atoms with Gasteiger partial charge in [-0.15, -0.1) is 5.10 Å². The van der Waals surface area contributed by atoms with E-state index < -0.39 is 0 Å². The number of nitrogens with one attached hydrogen (secondary N) is 2. The summed E-state index contributed by atoms with van der Waals surface area (Å²) in [4.78, 5) is 27.4. The number of nitrogens with zero attached hydrogens (tertiary/aromatic N) is 5. The third kappa shape index (κ3) is 5.23. The molecule has 10 nitrogen and oxygen atoms in total. The van der Waals surface area contributed by atoms with Gasteiger partial charge in [-0.2, -0.15) is 0 Å². The predicted octanol–water partition coefficient (Wildman–Crippen LogP) is 1.10. The molecule has 130 valence electrons. The molecule has 0 unspecified atom stereocenters. The first-order valence-electron chi connectivity index (χ1n) is 7.33. The van der Waals surface area contributed by atoms with Crippen LogP contribution >= 0.6 is 0 Å². The van der Waals surface area contributed by atoms with E-state index in [1.165, 1.54) is 0 Å². The molecule has 0 fully saturated rings. The first-order chi connectivity index (χ1) is 12.1. The van der Waals surface area contributed by atoms with E-state index in [1.54, 1.807) is 24.1 Å². The van der Waals surface area contributed by atoms with Crippen LogP contribution in [0.1, 0.15) is 12.2 Å². The van der Waals surface area contributed by atoms with E-state index in [1.807, 2.05) is 24.3 Å². The zero-order chi connectivity index (χ0) is 18.1.